The number of nitriles is 1. The van der Waals surface area contributed by atoms with Crippen molar-refractivity contribution in [2.24, 2.45) is 0 Å². The summed E-state index contributed by atoms with van der Waals surface area (Å²) in [5, 5.41) is 11.3. The monoisotopic (exact) mass is 333 g/mol. The van der Waals surface area contributed by atoms with Crippen LogP contribution in [-0.4, -0.2) is 9.97 Å². The number of benzene rings is 1. The zero-order valence-corrected chi connectivity index (χ0v) is 11.0. The van der Waals surface area contributed by atoms with Crippen LogP contribution in [0.5, 0.6) is 0 Å². The number of pyridine rings is 1. The molecule has 0 saturated heterocycles. The molecular formula is C13H8IN3. The molecule has 1 N–H and O–H groups in total. The molecule has 0 fully saturated rings. The number of halogens is 1. The highest BCUT2D eigenvalue weighted by atomic mass is 127. The van der Waals surface area contributed by atoms with Crippen LogP contribution in [0.3, 0.4) is 0 Å². The van der Waals surface area contributed by atoms with Crippen LogP contribution in [0, 0.1) is 11.3 Å². The molecule has 0 unspecified atom stereocenters. The van der Waals surface area contributed by atoms with Gasteiger partial charge in [-0.15, -0.1) is 0 Å². The maximum absolute atomic E-state index is 9.11. The Balaban J connectivity index is 2.59. The Kier molecular flexibility index (Phi) is 2.48. The van der Waals surface area contributed by atoms with Gasteiger partial charge in [0.1, 0.15) is 6.07 Å². The average molecular weight is 333 g/mol. The van der Waals surface area contributed by atoms with Crippen molar-refractivity contribution >= 4 is 44.4 Å². The Morgan fingerprint density at radius 2 is 2.18 bits per heavy atom. The van der Waals surface area contributed by atoms with E-state index >= 15 is 0 Å². The quantitative estimate of drug-likeness (QED) is 0.547. The van der Waals surface area contributed by atoms with E-state index in [1.807, 2.05) is 18.2 Å². The maximum atomic E-state index is 9.11. The molecule has 3 rings (SSSR count). The fourth-order valence-corrected chi connectivity index (χ4v) is 2.68. The third-order valence-electron chi connectivity index (χ3n) is 2.86. The molecule has 82 valence electrons. The van der Waals surface area contributed by atoms with Gasteiger partial charge in [-0.25, -0.2) is 0 Å². The summed E-state index contributed by atoms with van der Waals surface area (Å²) in [5.74, 6) is 0. The van der Waals surface area contributed by atoms with Crippen molar-refractivity contribution in [3.05, 3.63) is 41.7 Å². The van der Waals surface area contributed by atoms with Crippen LogP contribution in [0.25, 0.3) is 21.8 Å². The zero-order chi connectivity index (χ0) is 11.8. The van der Waals surface area contributed by atoms with Crippen LogP contribution in [0.1, 0.15) is 11.3 Å². The second-order valence-corrected chi connectivity index (χ2v) is 4.55. The molecule has 0 amide bonds. The van der Waals surface area contributed by atoms with Crippen molar-refractivity contribution in [3.8, 4) is 6.07 Å². The minimum atomic E-state index is 0.602. The number of alkyl halides is 1. The number of para-hydroxylation sites is 1. The Hall–Kier alpha value is -1.61. The molecule has 0 bridgehead atoms. The lowest BCUT2D eigenvalue weighted by Crippen LogP contribution is -1.89. The Morgan fingerprint density at radius 1 is 1.35 bits per heavy atom. The number of aromatic nitrogens is 2. The SMILES string of the molecule is N#Cc1cnc(CI)c2c1[nH]c1ccccc12. The predicted molar refractivity (Wildman–Crippen MR) is 76.0 cm³/mol. The number of nitrogens with zero attached hydrogens (tertiary/aromatic N) is 2. The van der Waals surface area contributed by atoms with Gasteiger partial charge < -0.3 is 4.98 Å². The van der Waals surface area contributed by atoms with Gasteiger partial charge in [-0.1, -0.05) is 40.8 Å². The molecule has 0 saturated carbocycles. The average Bonchev–Trinajstić information content (AvgIpc) is 2.77. The molecule has 4 heteroatoms. The molecule has 17 heavy (non-hydrogen) atoms. The van der Waals surface area contributed by atoms with Gasteiger partial charge in [0.2, 0.25) is 0 Å². The molecule has 2 heterocycles. The van der Waals surface area contributed by atoms with Gasteiger partial charge in [0.15, 0.2) is 0 Å². The Bertz CT molecular complexity index is 752. The minimum absolute atomic E-state index is 0.602. The summed E-state index contributed by atoms with van der Waals surface area (Å²) in [4.78, 5) is 7.67. The van der Waals surface area contributed by atoms with Crippen molar-refractivity contribution in [3.63, 3.8) is 0 Å². The van der Waals surface area contributed by atoms with E-state index in [1.165, 1.54) is 0 Å². The number of rotatable bonds is 1. The maximum Gasteiger partial charge on any atom is 0.103 e. The summed E-state index contributed by atoms with van der Waals surface area (Å²) in [6.07, 6.45) is 1.64. The van der Waals surface area contributed by atoms with Crippen molar-refractivity contribution in [2.75, 3.05) is 0 Å². The summed E-state index contributed by atoms with van der Waals surface area (Å²) in [6, 6.07) is 10.3. The molecule has 0 atom stereocenters. The van der Waals surface area contributed by atoms with Gasteiger partial charge in [0, 0.05) is 26.9 Å². The van der Waals surface area contributed by atoms with Crippen LogP contribution in [0.15, 0.2) is 30.5 Å². The lowest BCUT2D eigenvalue weighted by molar-refractivity contribution is 1.22. The first-order chi connectivity index (χ1) is 8.35. The minimum Gasteiger partial charge on any atom is -0.353 e. The van der Waals surface area contributed by atoms with Crippen LogP contribution >= 0.6 is 22.6 Å². The van der Waals surface area contributed by atoms with Crippen molar-refractivity contribution in [1.82, 2.24) is 9.97 Å². The second kappa shape index (κ2) is 4.00. The highest BCUT2D eigenvalue weighted by Crippen LogP contribution is 2.30. The number of H-pyrrole nitrogens is 1. The van der Waals surface area contributed by atoms with E-state index in [9.17, 15) is 0 Å². The van der Waals surface area contributed by atoms with Crippen molar-refractivity contribution in [1.29, 1.82) is 5.26 Å². The fourth-order valence-electron chi connectivity index (χ4n) is 2.10. The van der Waals surface area contributed by atoms with E-state index < -0.39 is 0 Å². The smallest absolute Gasteiger partial charge is 0.103 e. The molecule has 0 aliphatic carbocycles. The molecule has 0 radical (unpaired) electrons. The standard InChI is InChI=1S/C13H8IN3/c14-5-11-12-9-3-1-2-4-10(9)17-13(12)8(6-15)7-16-11/h1-4,7,17H,5H2. The Labute approximate surface area is 112 Å². The number of nitrogens with one attached hydrogen (secondary N) is 1. The van der Waals surface area contributed by atoms with Gasteiger partial charge >= 0.3 is 0 Å². The first-order valence-electron chi connectivity index (χ1n) is 5.19. The van der Waals surface area contributed by atoms with Gasteiger partial charge in [-0.3, -0.25) is 4.98 Å². The number of hydrogen-bond acceptors (Lipinski definition) is 2. The lowest BCUT2D eigenvalue weighted by Gasteiger charge is -1.99. The van der Waals surface area contributed by atoms with E-state index in [2.05, 4.69) is 44.7 Å². The van der Waals surface area contributed by atoms with Gasteiger partial charge in [-0.05, 0) is 6.07 Å². The highest BCUT2D eigenvalue weighted by molar-refractivity contribution is 14.1. The molecule has 3 nitrogen and oxygen atoms in total. The lowest BCUT2D eigenvalue weighted by atomic mass is 10.1. The van der Waals surface area contributed by atoms with Crippen molar-refractivity contribution in [2.45, 2.75) is 4.43 Å². The first kappa shape index (κ1) is 10.5. The number of aromatic amines is 1. The number of fused-ring (bicyclic) bond motifs is 3. The largest absolute Gasteiger partial charge is 0.353 e. The molecule has 0 aliphatic heterocycles. The molecule has 2 aromatic heterocycles. The molecule has 0 spiro atoms. The molecular weight excluding hydrogens is 325 g/mol. The van der Waals surface area contributed by atoms with Gasteiger partial charge in [0.25, 0.3) is 0 Å². The Morgan fingerprint density at radius 3 is 2.94 bits per heavy atom. The second-order valence-electron chi connectivity index (χ2n) is 3.78. The predicted octanol–water partition coefficient (Wildman–Crippen LogP) is 3.52. The fraction of sp³-hybridized carbons (Fsp3) is 0.0769. The first-order valence-corrected chi connectivity index (χ1v) is 6.72. The summed E-state index contributed by atoms with van der Waals surface area (Å²) >= 11 is 2.30. The summed E-state index contributed by atoms with van der Waals surface area (Å²) in [6.45, 7) is 0. The van der Waals surface area contributed by atoms with Crippen LogP contribution in [0.4, 0.5) is 0 Å². The van der Waals surface area contributed by atoms with Gasteiger partial charge in [-0.2, -0.15) is 5.26 Å². The van der Waals surface area contributed by atoms with Crippen LogP contribution < -0.4 is 0 Å². The topological polar surface area (TPSA) is 52.5 Å². The zero-order valence-electron chi connectivity index (χ0n) is 8.87. The summed E-state index contributed by atoms with van der Waals surface area (Å²) in [5.41, 5.74) is 3.58. The van der Waals surface area contributed by atoms with E-state index in [1.54, 1.807) is 6.20 Å². The van der Waals surface area contributed by atoms with Crippen LogP contribution in [-0.2, 0) is 4.43 Å². The van der Waals surface area contributed by atoms with E-state index in [-0.39, 0.29) is 0 Å². The van der Waals surface area contributed by atoms with Gasteiger partial charge in [0.05, 0.1) is 16.8 Å². The third-order valence-corrected chi connectivity index (χ3v) is 3.58. The molecule has 1 aromatic carbocycles. The molecule has 3 aromatic rings. The van der Waals surface area contributed by atoms with E-state index in [0.29, 0.717) is 5.56 Å². The summed E-state index contributed by atoms with van der Waals surface area (Å²) in [7, 11) is 0. The molecule has 0 aliphatic rings. The van der Waals surface area contributed by atoms with Crippen LogP contribution in [0.2, 0.25) is 0 Å². The number of hydrogen-bond donors (Lipinski definition) is 1. The highest BCUT2D eigenvalue weighted by Gasteiger charge is 2.12. The third kappa shape index (κ3) is 1.50. The van der Waals surface area contributed by atoms with E-state index in [4.69, 9.17) is 5.26 Å². The van der Waals surface area contributed by atoms with Crippen molar-refractivity contribution < 1.29 is 0 Å². The normalized spacial score (nSPS) is 10.8. The van der Waals surface area contributed by atoms with E-state index in [0.717, 1.165) is 31.9 Å². The summed E-state index contributed by atoms with van der Waals surface area (Å²) < 4.78 is 0.835.